The molecule has 128 valence electrons. The van der Waals surface area contributed by atoms with Gasteiger partial charge in [-0.15, -0.1) is 0 Å². The number of halogens is 2. The van der Waals surface area contributed by atoms with Crippen molar-refractivity contribution in [2.75, 3.05) is 6.54 Å². The van der Waals surface area contributed by atoms with Crippen LogP contribution in [0.3, 0.4) is 0 Å². The van der Waals surface area contributed by atoms with Crippen LogP contribution in [0.15, 0.2) is 42.5 Å². The van der Waals surface area contributed by atoms with Gasteiger partial charge in [-0.2, -0.15) is 0 Å². The van der Waals surface area contributed by atoms with E-state index in [2.05, 4.69) is 10.6 Å². The summed E-state index contributed by atoms with van der Waals surface area (Å²) < 4.78 is 26.9. The highest BCUT2D eigenvalue weighted by molar-refractivity contribution is 5.74. The minimum atomic E-state index is -0.950. The Kier molecular flexibility index (Phi) is 6.26. The first-order valence-electron chi connectivity index (χ1n) is 7.68. The summed E-state index contributed by atoms with van der Waals surface area (Å²) in [4.78, 5) is 11.8. The van der Waals surface area contributed by atoms with Crippen LogP contribution >= 0.6 is 0 Å². The Hall–Kier alpha value is -2.47. The normalized spacial score (nSPS) is 11.8. The van der Waals surface area contributed by atoms with Crippen molar-refractivity contribution >= 4 is 6.03 Å². The number of amides is 2. The lowest BCUT2D eigenvalue weighted by Crippen LogP contribution is -2.38. The SMILES string of the molecule is CC(NC(=O)NCCc1ccc(CO)cc1)c1cccc(F)c1F. The van der Waals surface area contributed by atoms with Crippen molar-refractivity contribution in [3.8, 4) is 0 Å². The van der Waals surface area contributed by atoms with Gasteiger partial charge in [-0.1, -0.05) is 36.4 Å². The zero-order valence-corrected chi connectivity index (χ0v) is 13.4. The van der Waals surface area contributed by atoms with E-state index in [1.54, 1.807) is 6.92 Å². The van der Waals surface area contributed by atoms with Gasteiger partial charge in [0, 0.05) is 12.1 Å². The first kappa shape index (κ1) is 17.9. The second kappa shape index (κ2) is 8.40. The zero-order chi connectivity index (χ0) is 17.5. The fraction of sp³-hybridized carbons (Fsp3) is 0.278. The van der Waals surface area contributed by atoms with E-state index < -0.39 is 23.7 Å². The Bertz CT molecular complexity index is 690. The molecule has 0 aliphatic rings. The molecule has 24 heavy (non-hydrogen) atoms. The number of benzene rings is 2. The van der Waals surface area contributed by atoms with Crippen molar-refractivity contribution in [3.05, 3.63) is 70.8 Å². The third-order valence-electron chi connectivity index (χ3n) is 3.70. The summed E-state index contributed by atoms with van der Waals surface area (Å²) in [5, 5.41) is 14.2. The first-order chi connectivity index (χ1) is 11.5. The lowest BCUT2D eigenvalue weighted by atomic mass is 10.1. The van der Waals surface area contributed by atoms with E-state index in [-0.39, 0.29) is 12.2 Å². The average Bonchev–Trinajstić information content (AvgIpc) is 2.57. The molecule has 1 unspecified atom stereocenters. The molecule has 2 aromatic carbocycles. The largest absolute Gasteiger partial charge is 0.392 e. The van der Waals surface area contributed by atoms with Crippen LogP contribution in [0.5, 0.6) is 0 Å². The van der Waals surface area contributed by atoms with E-state index >= 15 is 0 Å². The maximum absolute atomic E-state index is 13.7. The number of aliphatic hydroxyl groups is 1. The summed E-state index contributed by atoms with van der Waals surface area (Å²) in [7, 11) is 0. The van der Waals surface area contributed by atoms with Gasteiger partial charge in [0.1, 0.15) is 0 Å². The Morgan fingerprint density at radius 3 is 2.46 bits per heavy atom. The molecule has 0 fully saturated rings. The molecule has 0 radical (unpaired) electrons. The number of carbonyl (C=O) groups excluding carboxylic acids is 1. The molecule has 3 N–H and O–H groups in total. The minimum absolute atomic E-state index is 0.00450. The van der Waals surface area contributed by atoms with Crippen LogP contribution in [0.1, 0.15) is 29.7 Å². The van der Waals surface area contributed by atoms with Crippen molar-refractivity contribution in [2.45, 2.75) is 26.0 Å². The molecule has 0 bridgehead atoms. The summed E-state index contributed by atoms with van der Waals surface area (Å²) in [6, 6.07) is 10.2. The summed E-state index contributed by atoms with van der Waals surface area (Å²) >= 11 is 0. The van der Waals surface area contributed by atoms with Gasteiger partial charge >= 0.3 is 6.03 Å². The van der Waals surface area contributed by atoms with Crippen molar-refractivity contribution in [3.63, 3.8) is 0 Å². The van der Waals surface area contributed by atoms with Gasteiger partial charge < -0.3 is 15.7 Å². The van der Waals surface area contributed by atoms with Crippen molar-refractivity contribution < 1.29 is 18.7 Å². The van der Waals surface area contributed by atoms with E-state index in [9.17, 15) is 13.6 Å². The fourth-order valence-corrected chi connectivity index (χ4v) is 2.31. The lowest BCUT2D eigenvalue weighted by Gasteiger charge is -2.16. The molecule has 0 aliphatic heterocycles. The Labute approximate surface area is 139 Å². The predicted octanol–water partition coefficient (Wildman–Crippen LogP) is 3.06. The van der Waals surface area contributed by atoms with E-state index in [1.807, 2.05) is 24.3 Å². The van der Waals surface area contributed by atoms with Crippen molar-refractivity contribution in [1.29, 1.82) is 0 Å². The van der Waals surface area contributed by atoms with E-state index in [0.717, 1.165) is 17.2 Å². The smallest absolute Gasteiger partial charge is 0.315 e. The molecule has 1 atom stereocenters. The van der Waals surface area contributed by atoms with Crippen LogP contribution in [0.25, 0.3) is 0 Å². The van der Waals surface area contributed by atoms with Crippen LogP contribution in [0, 0.1) is 11.6 Å². The highest BCUT2D eigenvalue weighted by Crippen LogP contribution is 2.18. The van der Waals surface area contributed by atoms with E-state index in [1.165, 1.54) is 12.1 Å². The quantitative estimate of drug-likeness (QED) is 0.760. The Balaban J connectivity index is 1.81. The van der Waals surface area contributed by atoms with Gasteiger partial charge in [0.2, 0.25) is 0 Å². The molecule has 2 aromatic rings. The maximum atomic E-state index is 13.7. The first-order valence-corrected chi connectivity index (χ1v) is 7.68. The molecule has 0 aliphatic carbocycles. The average molecular weight is 334 g/mol. The molecular weight excluding hydrogens is 314 g/mol. The molecule has 6 heteroatoms. The number of hydrogen-bond donors (Lipinski definition) is 3. The molecular formula is C18H20F2N2O2. The van der Waals surface area contributed by atoms with E-state index in [0.29, 0.717) is 13.0 Å². The molecule has 0 aromatic heterocycles. The van der Waals surface area contributed by atoms with Crippen molar-refractivity contribution in [1.82, 2.24) is 10.6 Å². The van der Waals surface area contributed by atoms with Gasteiger partial charge in [0.25, 0.3) is 0 Å². The predicted molar refractivity (Wildman–Crippen MR) is 87.4 cm³/mol. The standard InChI is InChI=1S/C18H20F2N2O2/c1-12(15-3-2-4-16(19)17(15)20)22-18(24)21-10-9-13-5-7-14(11-23)8-6-13/h2-8,12,23H,9-11H2,1H3,(H2,21,22,24). The zero-order valence-electron chi connectivity index (χ0n) is 13.4. The van der Waals surface area contributed by atoms with Crippen molar-refractivity contribution in [2.24, 2.45) is 0 Å². The molecule has 0 spiro atoms. The summed E-state index contributed by atoms with van der Waals surface area (Å²) in [5.41, 5.74) is 1.96. The highest BCUT2D eigenvalue weighted by atomic mass is 19.2. The second-order valence-electron chi connectivity index (χ2n) is 5.49. The van der Waals surface area contributed by atoms with E-state index in [4.69, 9.17) is 5.11 Å². The van der Waals surface area contributed by atoms with Crippen LogP contribution in [0.2, 0.25) is 0 Å². The lowest BCUT2D eigenvalue weighted by molar-refractivity contribution is 0.237. The highest BCUT2D eigenvalue weighted by Gasteiger charge is 2.15. The molecule has 0 saturated heterocycles. The van der Waals surface area contributed by atoms with Crippen LogP contribution in [0.4, 0.5) is 13.6 Å². The summed E-state index contributed by atoms with van der Waals surface area (Å²) in [6.07, 6.45) is 0.627. The topological polar surface area (TPSA) is 61.4 Å². The molecule has 0 saturated carbocycles. The number of hydrogen-bond acceptors (Lipinski definition) is 2. The number of urea groups is 1. The third-order valence-corrected chi connectivity index (χ3v) is 3.70. The third kappa shape index (κ3) is 4.76. The molecule has 4 nitrogen and oxygen atoms in total. The van der Waals surface area contributed by atoms with Gasteiger partial charge in [0.15, 0.2) is 11.6 Å². The van der Waals surface area contributed by atoms with Gasteiger partial charge in [0.05, 0.1) is 12.6 Å². The molecule has 2 rings (SSSR count). The number of rotatable bonds is 6. The number of nitrogens with one attached hydrogen (secondary N) is 2. The molecule has 2 amide bonds. The number of carbonyl (C=O) groups is 1. The van der Waals surface area contributed by atoms with Crippen LogP contribution < -0.4 is 10.6 Å². The fourth-order valence-electron chi connectivity index (χ4n) is 2.31. The van der Waals surface area contributed by atoms with Gasteiger partial charge in [-0.05, 0) is 30.5 Å². The van der Waals surface area contributed by atoms with Crippen LogP contribution in [-0.4, -0.2) is 17.7 Å². The maximum Gasteiger partial charge on any atom is 0.315 e. The number of aliphatic hydroxyl groups excluding tert-OH is 1. The minimum Gasteiger partial charge on any atom is -0.392 e. The molecule has 0 heterocycles. The summed E-state index contributed by atoms with van der Waals surface area (Å²) in [5.74, 6) is -1.89. The van der Waals surface area contributed by atoms with Gasteiger partial charge in [-0.25, -0.2) is 13.6 Å². The second-order valence-corrected chi connectivity index (χ2v) is 5.49. The van der Waals surface area contributed by atoms with Gasteiger partial charge in [-0.3, -0.25) is 0 Å². The van der Waals surface area contributed by atoms with Crippen LogP contribution in [-0.2, 0) is 13.0 Å². The Morgan fingerprint density at radius 1 is 1.12 bits per heavy atom. The Morgan fingerprint density at radius 2 is 1.79 bits per heavy atom. The summed E-state index contributed by atoms with van der Waals surface area (Å²) in [6.45, 7) is 1.99. The monoisotopic (exact) mass is 334 g/mol.